The molecule has 1 aliphatic carbocycles. The first-order valence-corrected chi connectivity index (χ1v) is 8.39. The standard InChI is InChI=1S/C20H22FNO3/c1-25-12-13-2-4-15(5-3-13)20(24)22-19(16-10-18(23)11-16)14-6-8-17(21)9-7-14/h2-9,16,18-19,23H,10-12H2,1H3,(H,22,24)/t16?,18?,19-/m0/s1. The van der Waals surface area contributed by atoms with Crippen LogP contribution < -0.4 is 5.32 Å². The zero-order valence-electron chi connectivity index (χ0n) is 14.1. The summed E-state index contributed by atoms with van der Waals surface area (Å²) in [6.45, 7) is 0.500. The Morgan fingerprint density at radius 1 is 1.20 bits per heavy atom. The lowest BCUT2D eigenvalue weighted by Gasteiger charge is -2.38. The van der Waals surface area contributed by atoms with E-state index in [1.807, 2.05) is 12.1 Å². The van der Waals surface area contributed by atoms with Crippen molar-refractivity contribution in [3.63, 3.8) is 0 Å². The number of carbonyl (C=O) groups is 1. The third kappa shape index (κ3) is 4.24. The molecule has 4 nitrogen and oxygen atoms in total. The van der Waals surface area contributed by atoms with Crippen LogP contribution in [0, 0.1) is 11.7 Å². The van der Waals surface area contributed by atoms with Crippen LogP contribution in [0.1, 0.15) is 40.4 Å². The monoisotopic (exact) mass is 343 g/mol. The number of halogens is 1. The van der Waals surface area contributed by atoms with Crippen molar-refractivity contribution >= 4 is 5.91 Å². The van der Waals surface area contributed by atoms with Crippen LogP contribution in [0.15, 0.2) is 48.5 Å². The molecule has 0 aromatic heterocycles. The lowest BCUT2D eigenvalue weighted by Crippen LogP contribution is -2.41. The highest BCUT2D eigenvalue weighted by molar-refractivity contribution is 5.94. The zero-order chi connectivity index (χ0) is 17.8. The van der Waals surface area contributed by atoms with Crippen molar-refractivity contribution in [2.75, 3.05) is 7.11 Å². The second-order valence-corrected chi connectivity index (χ2v) is 6.52. The summed E-state index contributed by atoms with van der Waals surface area (Å²) in [4.78, 5) is 12.6. The highest BCUT2D eigenvalue weighted by Gasteiger charge is 2.35. The fourth-order valence-electron chi connectivity index (χ4n) is 3.19. The van der Waals surface area contributed by atoms with Gasteiger partial charge >= 0.3 is 0 Å². The number of ether oxygens (including phenoxy) is 1. The van der Waals surface area contributed by atoms with E-state index in [1.165, 1.54) is 12.1 Å². The second-order valence-electron chi connectivity index (χ2n) is 6.52. The molecule has 2 aromatic carbocycles. The number of methoxy groups -OCH3 is 1. The molecule has 0 aliphatic heterocycles. The van der Waals surface area contributed by atoms with Gasteiger partial charge < -0.3 is 15.2 Å². The Hall–Kier alpha value is -2.24. The van der Waals surface area contributed by atoms with Crippen LogP contribution in [0.5, 0.6) is 0 Å². The predicted molar refractivity (Wildman–Crippen MR) is 92.5 cm³/mol. The van der Waals surface area contributed by atoms with E-state index < -0.39 is 0 Å². The maximum Gasteiger partial charge on any atom is 0.251 e. The van der Waals surface area contributed by atoms with Crippen molar-refractivity contribution in [3.8, 4) is 0 Å². The largest absolute Gasteiger partial charge is 0.393 e. The molecule has 1 atom stereocenters. The minimum absolute atomic E-state index is 0.150. The van der Waals surface area contributed by atoms with Gasteiger partial charge in [-0.25, -0.2) is 4.39 Å². The van der Waals surface area contributed by atoms with Gasteiger partial charge in [-0.1, -0.05) is 24.3 Å². The fraction of sp³-hybridized carbons (Fsp3) is 0.350. The number of rotatable bonds is 6. The number of amides is 1. The molecule has 1 fully saturated rings. The van der Waals surface area contributed by atoms with Gasteiger partial charge in [-0.05, 0) is 54.2 Å². The number of aliphatic hydroxyl groups excluding tert-OH is 1. The first-order chi connectivity index (χ1) is 12.1. The number of benzene rings is 2. The van der Waals surface area contributed by atoms with Gasteiger partial charge in [0.15, 0.2) is 0 Å². The average molecular weight is 343 g/mol. The van der Waals surface area contributed by atoms with Crippen LogP contribution in [-0.2, 0) is 11.3 Å². The summed E-state index contributed by atoms with van der Waals surface area (Å²) in [5.41, 5.74) is 2.41. The Balaban J connectivity index is 1.75. The van der Waals surface area contributed by atoms with Crippen molar-refractivity contribution in [1.82, 2.24) is 5.32 Å². The quantitative estimate of drug-likeness (QED) is 0.847. The van der Waals surface area contributed by atoms with Gasteiger partial charge in [-0.2, -0.15) is 0 Å². The highest BCUT2D eigenvalue weighted by atomic mass is 19.1. The molecule has 0 saturated heterocycles. The number of nitrogens with one attached hydrogen (secondary N) is 1. The normalized spacial score (nSPS) is 20.6. The molecule has 2 aromatic rings. The van der Waals surface area contributed by atoms with Gasteiger partial charge in [-0.3, -0.25) is 4.79 Å². The Morgan fingerprint density at radius 3 is 2.40 bits per heavy atom. The van der Waals surface area contributed by atoms with E-state index in [0.717, 1.165) is 11.1 Å². The van der Waals surface area contributed by atoms with E-state index in [2.05, 4.69) is 5.32 Å². The Morgan fingerprint density at radius 2 is 1.84 bits per heavy atom. The molecule has 0 radical (unpaired) electrons. The maximum atomic E-state index is 13.2. The summed E-state index contributed by atoms with van der Waals surface area (Å²) in [5.74, 6) is -0.340. The lowest BCUT2D eigenvalue weighted by molar-refractivity contribution is 0.0235. The molecule has 1 saturated carbocycles. The van der Waals surface area contributed by atoms with Crippen LogP contribution in [0.2, 0.25) is 0 Å². The van der Waals surface area contributed by atoms with Gasteiger partial charge in [0, 0.05) is 12.7 Å². The van der Waals surface area contributed by atoms with Crippen LogP contribution >= 0.6 is 0 Å². The molecule has 5 heteroatoms. The molecule has 1 amide bonds. The first kappa shape index (κ1) is 17.6. The fourth-order valence-corrected chi connectivity index (χ4v) is 3.19. The smallest absolute Gasteiger partial charge is 0.251 e. The molecule has 0 bridgehead atoms. The van der Waals surface area contributed by atoms with Crippen molar-refractivity contribution in [1.29, 1.82) is 0 Å². The molecule has 2 N–H and O–H groups in total. The van der Waals surface area contributed by atoms with Crippen LogP contribution in [0.3, 0.4) is 0 Å². The topological polar surface area (TPSA) is 58.6 Å². The maximum absolute atomic E-state index is 13.2. The van der Waals surface area contributed by atoms with E-state index in [9.17, 15) is 14.3 Å². The number of aliphatic hydroxyl groups is 1. The van der Waals surface area contributed by atoms with Gasteiger partial charge in [0.05, 0.1) is 18.8 Å². The van der Waals surface area contributed by atoms with Gasteiger partial charge in [0.25, 0.3) is 5.91 Å². The van der Waals surface area contributed by atoms with Crippen molar-refractivity contribution in [3.05, 3.63) is 71.0 Å². The van der Waals surface area contributed by atoms with Crippen molar-refractivity contribution in [2.45, 2.75) is 31.6 Å². The molecule has 25 heavy (non-hydrogen) atoms. The third-order valence-corrected chi connectivity index (χ3v) is 4.66. The minimum Gasteiger partial charge on any atom is -0.393 e. The Labute approximate surface area is 146 Å². The molecule has 3 rings (SSSR count). The summed E-state index contributed by atoms with van der Waals surface area (Å²) in [6, 6.07) is 13.2. The minimum atomic E-state index is -0.321. The molecule has 132 valence electrons. The first-order valence-electron chi connectivity index (χ1n) is 8.39. The van der Waals surface area contributed by atoms with Gasteiger partial charge in [0.1, 0.15) is 5.82 Å². The Bertz CT molecular complexity index is 709. The van der Waals surface area contributed by atoms with E-state index in [1.54, 1.807) is 31.4 Å². The molecule has 1 aliphatic rings. The lowest BCUT2D eigenvalue weighted by atomic mass is 9.75. The van der Waals surface area contributed by atoms with Crippen LogP contribution in [0.4, 0.5) is 4.39 Å². The number of hydrogen-bond donors (Lipinski definition) is 2. The third-order valence-electron chi connectivity index (χ3n) is 4.66. The van der Waals surface area contributed by atoms with Gasteiger partial charge in [-0.15, -0.1) is 0 Å². The number of carbonyl (C=O) groups excluding carboxylic acids is 1. The average Bonchev–Trinajstić information content (AvgIpc) is 2.59. The zero-order valence-corrected chi connectivity index (χ0v) is 14.1. The summed E-state index contributed by atoms with van der Waals surface area (Å²) in [6.07, 6.45) is 0.947. The van der Waals surface area contributed by atoms with Crippen LogP contribution in [-0.4, -0.2) is 24.2 Å². The highest BCUT2D eigenvalue weighted by Crippen LogP contribution is 2.38. The predicted octanol–water partition coefficient (Wildman–Crippen LogP) is 3.21. The van der Waals surface area contributed by atoms with E-state index in [4.69, 9.17) is 4.74 Å². The van der Waals surface area contributed by atoms with E-state index in [-0.39, 0.29) is 29.8 Å². The molecule has 0 heterocycles. The summed E-state index contributed by atoms with van der Waals surface area (Å²) < 4.78 is 18.3. The van der Waals surface area contributed by atoms with E-state index in [0.29, 0.717) is 25.0 Å². The summed E-state index contributed by atoms with van der Waals surface area (Å²) in [7, 11) is 1.63. The Kier molecular flexibility index (Phi) is 5.46. The van der Waals surface area contributed by atoms with Crippen molar-refractivity contribution in [2.24, 2.45) is 5.92 Å². The second kappa shape index (κ2) is 7.76. The molecular formula is C20H22FNO3. The van der Waals surface area contributed by atoms with Crippen molar-refractivity contribution < 1.29 is 19.0 Å². The van der Waals surface area contributed by atoms with Crippen LogP contribution in [0.25, 0.3) is 0 Å². The van der Waals surface area contributed by atoms with Gasteiger partial charge in [0.2, 0.25) is 0 Å². The summed E-state index contributed by atoms with van der Waals surface area (Å²) in [5, 5.41) is 12.6. The summed E-state index contributed by atoms with van der Waals surface area (Å²) >= 11 is 0. The SMILES string of the molecule is COCc1ccc(C(=O)N[C@@H](c2ccc(F)cc2)C2CC(O)C2)cc1. The van der Waals surface area contributed by atoms with E-state index >= 15 is 0 Å². The molecular weight excluding hydrogens is 321 g/mol. The number of hydrogen-bond acceptors (Lipinski definition) is 3. The molecule has 0 spiro atoms. The molecule has 0 unspecified atom stereocenters.